The predicted octanol–water partition coefficient (Wildman–Crippen LogP) is 4.25. The van der Waals surface area contributed by atoms with Crippen molar-refractivity contribution in [3.05, 3.63) is 89.1 Å². The molecule has 43 heavy (non-hydrogen) atoms. The summed E-state index contributed by atoms with van der Waals surface area (Å²) in [6, 6.07) is 17.7. The van der Waals surface area contributed by atoms with Crippen LogP contribution < -0.4 is 4.90 Å². The SMILES string of the molecule is N#Cc1ccc(Cn2ccc3ccc(N4CCN(Cc5nc6ccc(C(=O)O)cc6n5CC5CCO5)CC4)nc32)c(F)c1. The molecule has 10 nitrogen and oxygen atoms in total. The fourth-order valence-electron chi connectivity index (χ4n) is 5.88. The van der Waals surface area contributed by atoms with Crippen molar-refractivity contribution in [3.63, 3.8) is 0 Å². The number of piperazine rings is 1. The summed E-state index contributed by atoms with van der Waals surface area (Å²) in [6.07, 6.45) is 3.02. The molecule has 7 rings (SSSR count). The third-order valence-corrected chi connectivity index (χ3v) is 8.43. The van der Waals surface area contributed by atoms with Crippen LogP contribution in [-0.2, 0) is 24.4 Å². The minimum Gasteiger partial charge on any atom is -0.478 e. The Kier molecular flexibility index (Phi) is 7.01. The maximum absolute atomic E-state index is 14.6. The highest BCUT2D eigenvalue weighted by Crippen LogP contribution is 2.25. The summed E-state index contributed by atoms with van der Waals surface area (Å²) in [6.45, 7) is 5.62. The normalized spacial score (nSPS) is 17.3. The number of rotatable bonds is 8. The lowest BCUT2D eigenvalue weighted by atomic mass is 10.1. The molecule has 1 atom stereocenters. The number of nitriles is 1. The van der Waals surface area contributed by atoms with Crippen molar-refractivity contribution in [3.8, 4) is 6.07 Å². The van der Waals surface area contributed by atoms with E-state index in [9.17, 15) is 14.3 Å². The van der Waals surface area contributed by atoms with E-state index in [1.807, 2.05) is 35.0 Å². The predicted molar refractivity (Wildman–Crippen MR) is 158 cm³/mol. The molecule has 2 aliphatic heterocycles. The van der Waals surface area contributed by atoms with Gasteiger partial charge in [-0.05, 0) is 55.0 Å². The van der Waals surface area contributed by atoms with E-state index in [1.54, 1.807) is 30.3 Å². The van der Waals surface area contributed by atoms with Crippen LogP contribution in [0.1, 0.15) is 33.7 Å². The molecule has 0 spiro atoms. The number of carbonyl (C=O) groups is 1. The quantitative estimate of drug-likeness (QED) is 0.290. The second kappa shape index (κ2) is 11.1. The molecule has 1 unspecified atom stereocenters. The molecular formula is C32H30FN7O3. The molecule has 0 amide bonds. The number of hydrogen-bond acceptors (Lipinski definition) is 7. The first-order valence-corrected chi connectivity index (χ1v) is 14.4. The minimum absolute atomic E-state index is 0.120. The molecule has 2 saturated heterocycles. The Hall–Kier alpha value is -4.79. The first-order valence-electron chi connectivity index (χ1n) is 14.4. The van der Waals surface area contributed by atoms with Gasteiger partial charge in [0.1, 0.15) is 23.1 Å². The minimum atomic E-state index is -0.951. The summed E-state index contributed by atoms with van der Waals surface area (Å²) in [4.78, 5) is 26.1. The third kappa shape index (κ3) is 5.31. The molecule has 1 N–H and O–H groups in total. The fourth-order valence-corrected chi connectivity index (χ4v) is 5.88. The summed E-state index contributed by atoms with van der Waals surface area (Å²) in [5.74, 6) is 0.439. The largest absolute Gasteiger partial charge is 0.478 e. The number of carboxylic acid groups (broad SMARTS) is 1. The zero-order valence-corrected chi connectivity index (χ0v) is 23.5. The van der Waals surface area contributed by atoms with Gasteiger partial charge >= 0.3 is 5.97 Å². The second-order valence-electron chi connectivity index (χ2n) is 11.1. The highest BCUT2D eigenvalue weighted by atomic mass is 19.1. The van der Waals surface area contributed by atoms with Gasteiger partial charge in [-0.1, -0.05) is 6.07 Å². The van der Waals surface area contributed by atoms with Crippen LogP contribution in [0, 0.1) is 17.1 Å². The maximum Gasteiger partial charge on any atom is 0.335 e. The van der Waals surface area contributed by atoms with E-state index < -0.39 is 11.8 Å². The van der Waals surface area contributed by atoms with Gasteiger partial charge in [0.2, 0.25) is 0 Å². The lowest BCUT2D eigenvalue weighted by Gasteiger charge is -2.35. The number of imidazole rings is 1. The monoisotopic (exact) mass is 579 g/mol. The van der Waals surface area contributed by atoms with Crippen LogP contribution in [0.25, 0.3) is 22.1 Å². The van der Waals surface area contributed by atoms with E-state index in [4.69, 9.17) is 20.0 Å². The van der Waals surface area contributed by atoms with E-state index in [0.717, 1.165) is 72.9 Å². The molecule has 0 aliphatic carbocycles. The van der Waals surface area contributed by atoms with Crippen molar-refractivity contribution in [1.29, 1.82) is 5.26 Å². The van der Waals surface area contributed by atoms with Gasteiger partial charge in [0, 0.05) is 49.9 Å². The van der Waals surface area contributed by atoms with Crippen LogP contribution in [0.4, 0.5) is 10.2 Å². The first kappa shape index (κ1) is 27.1. The molecule has 0 radical (unpaired) electrons. The van der Waals surface area contributed by atoms with Crippen molar-refractivity contribution in [1.82, 2.24) is 24.0 Å². The molecular weight excluding hydrogens is 549 g/mol. The Morgan fingerprint density at radius 2 is 1.88 bits per heavy atom. The summed E-state index contributed by atoms with van der Waals surface area (Å²) >= 11 is 0. The number of pyridine rings is 1. The Labute approximate surface area is 247 Å². The van der Waals surface area contributed by atoms with E-state index in [0.29, 0.717) is 30.8 Å². The van der Waals surface area contributed by atoms with Gasteiger partial charge in [-0.3, -0.25) is 4.90 Å². The number of aromatic carboxylic acids is 1. The van der Waals surface area contributed by atoms with E-state index in [2.05, 4.69) is 14.4 Å². The Bertz CT molecular complexity index is 1880. The zero-order chi connectivity index (χ0) is 29.5. The van der Waals surface area contributed by atoms with Gasteiger partial charge in [-0.25, -0.2) is 19.2 Å². The fraction of sp³-hybridized carbons (Fsp3) is 0.312. The molecule has 5 aromatic rings. The molecule has 5 heterocycles. The maximum atomic E-state index is 14.6. The summed E-state index contributed by atoms with van der Waals surface area (Å²) in [5.41, 5.74) is 3.46. The van der Waals surface area contributed by atoms with Gasteiger partial charge in [-0.15, -0.1) is 0 Å². The van der Waals surface area contributed by atoms with Crippen LogP contribution >= 0.6 is 0 Å². The smallest absolute Gasteiger partial charge is 0.335 e. The van der Waals surface area contributed by atoms with Crippen molar-refractivity contribution >= 4 is 33.9 Å². The second-order valence-corrected chi connectivity index (χ2v) is 11.1. The van der Waals surface area contributed by atoms with E-state index in [1.165, 1.54) is 6.07 Å². The Morgan fingerprint density at radius 1 is 1.05 bits per heavy atom. The van der Waals surface area contributed by atoms with Crippen molar-refractivity contribution in [2.45, 2.75) is 32.2 Å². The average molecular weight is 580 g/mol. The highest BCUT2D eigenvalue weighted by Gasteiger charge is 2.25. The van der Waals surface area contributed by atoms with Gasteiger partial charge in [0.25, 0.3) is 0 Å². The number of fused-ring (bicyclic) bond motifs is 2. The van der Waals surface area contributed by atoms with E-state index >= 15 is 0 Å². The molecule has 11 heteroatoms. The number of carboxylic acids is 1. The Morgan fingerprint density at radius 3 is 2.60 bits per heavy atom. The van der Waals surface area contributed by atoms with Crippen LogP contribution in [0.15, 0.2) is 60.8 Å². The van der Waals surface area contributed by atoms with Gasteiger partial charge < -0.3 is 23.9 Å². The van der Waals surface area contributed by atoms with Gasteiger partial charge in [0.15, 0.2) is 0 Å². The molecule has 0 bridgehead atoms. The topological polar surface area (TPSA) is 112 Å². The average Bonchev–Trinajstić information content (AvgIpc) is 3.55. The van der Waals surface area contributed by atoms with Crippen LogP contribution in [0.5, 0.6) is 0 Å². The number of nitrogens with zero attached hydrogens (tertiary/aromatic N) is 7. The van der Waals surface area contributed by atoms with Gasteiger partial charge in [-0.2, -0.15) is 5.26 Å². The lowest BCUT2D eigenvalue weighted by molar-refractivity contribution is -0.0592. The zero-order valence-electron chi connectivity index (χ0n) is 23.5. The number of aromatic nitrogens is 4. The van der Waals surface area contributed by atoms with Gasteiger partial charge in [0.05, 0.1) is 54.0 Å². The number of hydrogen-bond donors (Lipinski definition) is 1. The van der Waals surface area contributed by atoms with Crippen LogP contribution in [-0.4, -0.2) is 74.0 Å². The van der Waals surface area contributed by atoms with E-state index in [-0.39, 0.29) is 11.7 Å². The van der Waals surface area contributed by atoms with Crippen molar-refractivity contribution in [2.75, 3.05) is 37.7 Å². The van der Waals surface area contributed by atoms with Crippen LogP contribution in [0.3, 0.4) is 0 Å². The summed E-state index contributed by atoms with van der Waals surface area (Å²) in [5, 5.41) is 19.5. The molecule has 218 valence electrons. The van der Waals surface area contributed by atoms with Crippen molar-refractivity contribution < 1.29 is 19.0 Å². The summed E-state index contributed by atoms with van der Waals surface area (Å²) < 4.78 is 24.3. The Balaban J connectivity index is 1.06. The standard InChI is InChI=1S/C32H30FN7O3/c33-26-15-21(17-34)1-2-24(26)18-39-9-7-22-4-6-29(36-31(22)39)38-12-10-37(11-13-38)20-30-35-27-5-3-23(32(41)42)16-28(27)40(30)19-25-8-14-43-25/h1-7,9,15-16,25H,8,10-14,18-20H2,(H,41,42). The van der Waals surface area contributed by atoms with Crippen molar-refractivity contribution in [2.24, 2.45) is 0 Å². The summed E-state index contributed by atoms with van der Waals surface area (Å²) in [7, 11) is 0. The number of benzene rings is 2. The molecule has 3 aromatic heterocycles. The molecule has 2 aliphatic rings. The first-order chi connectivity index (χ1) is 20.9. The number of ether oxygens (including phenoxy) is 1. The number of anilines is 1. The third-order valence-electron chi connectivity index (χ3n) is 8.43. The molecule has 2 fully saturated rings. The highest BCUT2D eigenvalue weighted by molar-refractivity contribution is 5.92. The van der Waals surface area contributed by atoms with Crippen LogP contribution in [0.2, 0.25) is 0 Å². The molecule has 0 saturated carbocycles. The lowest BCUT2D eigenvalue weighted by Crippen LogP contribution is -2.46. The number of halogens is 1. The molecule has 2 aromatic carbocycles.